The average Bonchev–Trinajstić information content (AvgIpc) is 1.35. The monoisotopic (exact) mass is 1940 g/mol. The Morgan fingerprint density at radius 1 is 0.193 bits per heavy atom. The van der Waals surface area contributed by atoms with Crippen molar-refractivity contribution in [3.8, 4) is 0 Å². The maximum atomic E-state index is 18.4. The molecule has 0 saturated heterocycles. The number of likely N-dealkylation sites (N-methyl/N-ethyl adjacent to an activating group) is 10. The zero-order chi connectivity index (χ0) is 99.4. The van der Waals surface area contributed by atoms with Gasteiger partial charge in [0, 0.05) is 12.8 Å². The third-order valence-electron chi connectivity index (χ3n) is 47.1. The smallest absolute Gasteiger partial charge is 0.326 e. The summed E-state index contributed by atoms with van der Waals surface area (Å²) < 4.78 is 25.3. The van der Waals surface area contributed by atoms with Crippen molar-refractivity contribution in [2.24, 2.45) is 5.41 Å². The highest BCUT2D eigenvalue weighted by Gasteiger charge is 3.01. The van der Waals surface area contributed by atoms with Crippen molar-refractivity contribution in [2.75, 3.05) is 293 Å². The van der Waals surface area contributed by atoms with Crippen LogP contribution in [0.4, 0.5) is 0 Å². The molecule has 0 aromatic heterocycles. The summed E-state index contributed by atoms with van der Waals surface area (Å²) in [5.41, 5.74) is 0.212. The molecule has 0 heterocycles. The molecule has 28 aromatic carbocycles. The number of esters is 2. The van der Waals surface area contributed by atoms with Crippen molar-refractivity contribution in [3.05, 3.63) is 22.3 Å². The van der Waals surface area contributed by atoms with Crippen LogP contribution in [0.3, 0.4) is 0 Å². The van der Waals surface area contributed by atoms with Crippen LogP contribution < -0.4 is 10.6 Å². The van der Waals surface area contributed by atoms with E-state index in [4.69, 9.17) is 9.47 Å². The third kappa shape index (κ3) is 8.86. The number of amides is 2. The van der Waals surface area contributed by atoms with E-state index in [0.29, 0.717) is 25.9 Å². The Hall–Kier alpha value is -10.1. The number of nitrogens with zero attached hydrogens (tertiary/aromatic N) is 10. The lowest BCUT2D eigenvalue weighted by molar-refractivity contribution is -1.000. The summed E-state index contributed by atoms with van der Waals surface area (Å²) in [7, 11) is 24.7. The number of hydrogen-bond acceptors (Lipinski definition) is 6. The van der Waals surface area contributed by atoms with Crippen molar-refractivity contribution in [3.63, 3.8) is 0 Å². The van der Waals surface area contributed by atoms with Crippen LogP contribution in [0.1, 0.15) is 144 Å². The standard InChI is InChI=1S/C127H146N12O6/c1-23-41-130(13,25-3)45-49-134(17,29-7)53-57-138(21,33-11)59-55-136(19,31-9)51-47-132(15,27-5)43-39-128-63(140)37-35-61-144-123(142)127(124(143)145-62-36-38-64(141)129-40-44-133(16,28-6)48-52-137(20,32-10)56-60-139(22,34-12)58-54-135(18,30-8)50-46-131(14,26-4)42-24-2)125-119-111-103-93-83-75-67-65-66-69-73-71(67)79-87-81(73)91-85-77(69)78-70(66)74-72-68(65)76(75)84-90-80(72)88-82(74)92-86(78)96-95(85)105-99(91)109-101(87)107(97(103)89(79)83)115(119)117(109)121-113(105)114-106(96)100(92)110-102(88)108-98(90)104(94(84)93)112(111)120(125)116(108)118(110)122(114)126(121,125)127/h23-62H2,1-22H3/q+8/p+2. The minimum absolute atomic E-state index is 0.0342. The largest absolute Gasteiger partial charge is 0.465 e. The van der Waals surface area contributed by atoms with Gasteiger partial charge in [0.05, 0.1) is 199 Å². The highest BCUT2D eigenvalue weighted by atomic mass is 16.6. The van der Waals surface area contributed by atoms with E-state index < -0.39 is 28.2 Å². The molecule has 18 nitrogen and oxygen atoms in total. The maximum Gasteiger partial charge on any atom is 0.326 e. The molecule has 2 amide bonds. The minimum atomic E-state index is -1.97. The van der Waals surface area contributed by atoms with Crippen molar-refractivity contribution in [2.45, 2.75) is 132 Å². The number of hydrogen-bond donors (Lipinski definition) is 2. The summed E-state index contributed by atoms with van der Waals surface area (Å²) >= 11 is 0. The normalized spacial score (nSPS) is 22.3. The van der Waals surface area contributed by atoms with Gasteiger partial charge in [0.15, 0.2) is 5.41 Å². The summed E-state index contributed by atoms with van der Waals surface area (Å²) in [6.07, 6.45) is 3.40. The van der Waals surface area contributed by atoms with Crippen LogP contribution in [0.25, 0.3) is 291 Å². The fourth-order valence-electron chi connectivity index (χ4n) is 36.6. The van der Waals surface area contributed by atoms with E-state index in [1.807, 2.05) is 0 Å². The van der Waals surface area contributed by atoms with E-state index in [2.05, 4.69) is 164 Å². The van der Waals surface area contributed by atoms with E-state index in [1.165, 1.54) is 394 Å². The fourth-order valence-corrected chi connectivity index (χ4v) is 36.6. The van der Waals surface area contributed by atoms with E-state index >= 15 is 9.59 Å². The number of ether oxygens (including phenoxy) is 2. The Bertz CT molecular complexity index is 9000. The van der Waals surface area contributed by atoms with Crippen LogP contribution in [0, 0.1) is 5.41 Å². The summed E-state index contributed by atoms with van der Waals surface area (Å²) in [4.78, 5) is 66.5. The van der Waals surface area contributed by atoms with Crippen LogP contribution in [0.2, 0.25) is 0 Å². The first-order valence-corrected chi connectivity index (χ1v) is 57.7. The predicted octanol–water partition coefficient (Wildman–Crippen LogP) is 21.7. The number of carbonyl (C=O) groups is 4. The van der Waals surface area contributed by atoms with Crippen molar-refractivity contribution < 1.29 is 73.5 Å². The summed E-state index contributed by atoms with van der Waals surface area (Å²) in [5.74, 6) is -1.13. The van der Waals surface area contributed by atoms with Crippen LogP contribution >= 0.6 is 0 Å². The molecule has 742 valence electrons. The Morgan fingerprint density at radius 2 is 0.324 bits per heavy atom. The first-order chi connectivity index (χ1) is 69.7. The Morgan fingerprint density at radius 3 is 0.462 bits per heavy atom. The molecule has 0 aliphatic heterocycles. The summed E-state index contributed by atoms with van der Waals surface area (Å²) in [6, 6.07) is 0. The second-order valence-electron chi connectivity index (χ2n) is 53.0. The molecule has 33 rings (SSSR count). The van der Waals surface area contributed by atoms with E-state index in [0.717, 1.165) is 163 Å². The highest BCUT2D eigenvalue weighted by Crippen LogP contribution is 2.97. The Balaban J connectivity index is 0.472. The number of quaternary nitrogens is 10. The predicted molar refractivity (Wildman–Crippen MR) is 608 cm³/mol. The molecule has 2 N–H and O–H groups in total. The minimum Gasteiger partial charge on any atom is -0.465 e. The van der Waals surface area contributed by atoms with Gasteiger partial charge in [-0.3, -0.25) is 19.2 Å². The lowest BCUT2D eigenvalue weighted by Gasteiger charge is -2.43. The van der Waals surface area contributed by atoms with Gasteiger partial charge in [-0.15, -0.1) is 0 Å². The van der Waals surface area contributed by atoms with Crippen molar-refractivity contribution in [1.29, 1.82) is 0 Å². The molecule has 5 aliphatic carbocycles. The summed E-state index contributed by atoms with van der Waals surface area (Å²) in [6.45, 7) is 63.0. The van der Waals surface area contributed by atoms with Gasteiger partial charge in [-0.1, -0.05) is 13.8 Å². The van der Waals surface area contributed by atoms with Crippen LogP contribution in [-0.4, -0.2) is 362 Å². The maximum absolute atomic E-state index is 18.4. The molecule has 18 heteroatoms. The van der Waals surface area contributed by atoms with Gasteiger partial charge in [0.25, 0.3) is 0 Å². The topological polar surface area (TPSA) is 111 Å². The molecule has 1 fully saturated rings. The zero-order valence-electron chi connectivity index (χ0n) is 90.7. The van der Waals surface area contributed by atoms with Gasteiger partial charge in [0.2, 0.25) is 11.8 Å². The molecule has 145 heavy (non-hydrogen) atoms. The molecule has 10 atom stereocenters. The van der Waals surface area contributed by atoms with Gasteiger partial charge >= 0.3 is 11.9 Å². The van der Waals surface area contributed by atoms with Gasteiger partial charge < -0.3 is 64.9 Å². The molecule has 0 bridgehead atoms. The molecule has 5 aliphatic rings. The third-order valence-corrected chi connectivity index (χ3v) is 47.1. The number of nitrogens with one attached hydrogen (secondary N) is 2. The van der Waals surface area contributed by atoms with Gasteiger partial charge in [-0.2, -0.15) is 0 Å². The number of carbonyl (C=O) groups excluding carboxylic acids is 4. The Kier molecular flexibility index (Phi) is 16.2. The Labute approximate surface area is 846 Å². The van der Waals surface area contributed by atoms with E-state index in [1.54, 1.807) is 10.8 Å². The van der Waals surface area contributed by atoms with Crippen LogP contribution in [0.5, 0.6) is 0 Å². The lowest BCUT2D eigenvalue weighted by Crippen LogP contribution is -2.61. The van der Waals surface area contributed by atoms with Gasteiger partial charge in [-0.25, -0.2) is 0 Å². The second kappa shape index (κ2) is 26.7. The molecule has 0 radical (unpaired) electrons. The van der Waals surface area contributed by atoms with E-state index in [-0.39, 0.29) is 37.9 Å². The first-order valence-electron chi connectivity index (χ1n) is 57.7. The molecule has 2 spiro atoms. The van der Waals surface area contributed by atoms with E-state index in [9.17, 15) is 9.59 Å². The molecule has 28 aromatic rings. The SMILES string of the molecule is CCC[N+](C)(CC)CC[N+](C)(CC)CC[N+](C)(CC)CC[N+](C)(CC)CC[N+](C)(CC)CCNC(=O)CCCOC(=O)C1(C(=O)OCCCC(=O)NCC[N+](C)(CC)CC[N+](C)(CC)CC[N+](C)(CC)CC[N+](C)(CC)CC[N+](C)(CC)CCC)C23c4c5c6c7c8c9c(c%10c%11c2c2c4c4c%12c5c5c6c6c8c8c%13c9c9c%10c%10c%11c%11c2c2c4c4c%12c%12c5c5c6c8c6c8c%13c9c9c%10c%10c%11c2c2c4c4c%12c5c6c5c8c9c%10c2c45)C713. The fraction of sp³-hybridized carbons (Fsp3) is 0.512. The van der Waals surface area contributed by atoms with Crippen molar-refractivity contribution >= 4 is 315 Å². The van der Waals surface area contributed by atoms with Gasteiger partial charge in [0.1, 0.15) is 105 Å². The van der Waals surface area contributed by atoms with Crippen molar-refractivity contribution in [1.82, 2.24) is 10.6 Å². The number of benzene rings is 18. The highest BCUT2D eigenvalue weighted by molar-refractivity contribution is 6.82. The second-order valence-corrected chi connectivity index (χ2v) is 53.0. The zero-order valence-corrected chi connectivity index (χ0v) is 90.7. The quantitative estimate of drug-likeness (QED) is 0.0129. The average molecular weight is 1940 g/mol. The summed E-state index contributed by atoms with van der Waals surface area (Å²) in [5, 5.41) is 84.2. The molecule has 1 saturated carbocycles. The molecular weight excluding hydrogens is 1790 g/mol. The van der Waals surface area contributed by atoms with Crippen LogP contribution in [0.15, 0.2) is 0 Å². The van der Waals surface area contributed by atoms with Gasteiger partial charge in [-0.05, 0) is 408 Å². The molecule has 10 unspecified atom stereocenters. The lowest BCUT2D eigenvalue weighted by atomic mass is 9.68. The first kappa shape index (κ1) is 87.9. The number of rotatable bonds is 54. The molecular formula is C127H148N12O6+10. The van der Waals surface area contributed by atoms with Crippen LogP contribution in [-0.2, 0) is 39.5 Å².